The highest BCUT2D eigenvalue weighted by molar-refractivity contribution is 6.30. The van der Waals surface area contributed by atoms with E-state index in [0.29, 0.717) is 18.4 Å². The van der Waals surface area contributed by atoms with Crippen LogP contribution in [0, 0.1) is 0 Å². The number of hydrogen-bond acceptors (Lipinski definition) is 6. The van der Waals surface area contributed by atoms with Crippen LogP contribution in [0.4, 0.5) is 0 Å². The Kier molecular flexibility index (Phi) is 5.42. The summed E-state index contributed by atoms with van der Waals surface area (Å²) in [5.41, 5.74) is 4.96. The molecule has 1 fully saturated rings. The van der Waals surface area contributed by atoms with Gasteiger partial charge in [0, 0.05) is 29.6 Å². The number of nitrogens with one attached hydrogen (secondary N) is 1. The molecule has 2 aliphatic rings. The summed E-state index contributed by atoms with van der Waals surface area (Å²) in [6, 6.07) is 9.86. The van der Waals surface area contributed by atoms with Gasteiger partial charge in [0.25, 0.3) is 0 Å². The van der Waals surface area contributed by atoms with E-state index in [0.717, 1.165) is 71.4 Å². The maximum Gasteiger partial charge on any atom is 0.185 e. The van der Waals surface area contributed by atoms with Crippen LogP contribution in [0.3, 0.4) is 0 Å². The summed E-state index contributed by atoms with van der Waals surface area (Å²) >= 11 is 6.24. The maximum absolute atomic E-state index is 6.24. The van der Waals surface area contributed by atoms with Crippen molar-refractivity contribution in [3.8, 4) is 5.69 Å². The van der Waals surface area contributed by atoms with Gasteiger partial charge in [-0.2, -0.15) is 0 Å². The van der Waals surface area contributed by atoms with Crippen molar-refractivity contribution in [1.82, 2.24) is 30.2 Å². The molecule has 0 atom stereocenters. The Hall–Kier alpha value is -2.48. The predicted molar refractivity (Wildman–Crippen MR) is 120 cm³/mol. The average Bonchev–Trinajstić information content (AvgIpc) is 3.34. The van der Waals surface area contributed by atoms with E-state index in [1.807, 2.05) is 24.3 Å². The fourth-order valence-electron chi connectivity index (χ4n) is 4.89. The Bertz CT molecular complexity index is 1230. The van der Waals surface area contributed by atoms with Crippen molar-refractivity contribution in [1.29, 1.82) is 0 Å². The second-order valence-corrected chi connectivity index (χ2v) is 8.59. The summed E-state index contributed by atoms with van der Waals surface area (Å²) < 4.78 is 7.72. The van der Waals surface area contributed by atoms with Crippen LogP contribution >= 0.6 is 24.0 Å². The lowest BCUT2D eigenvalue weighted by Crippen LogP contribution is -2.17. The van der Waals surface area contributed by atoms with Gasteiger partial charge in [-0.1, -0.05) is 16.8 Å². The van der Waals surface area contributed by atoms with Gasteiger partial charge in [0.05, 0.1) is 12.2 Å². The minimum atomic E-state index is 0. The van der Waals surface area contributed by atoms with Gasteiger partial charge < -0.3 is 9.84 Å². The van der Waals surface area contributed by atoms with Crippen molar-refractivity contribution >= 4 is 35.1 Å². The number of nitrogens with zero attached hydrogens (tertiary/aromatic N) is 5. The van der Waals surface area contributed by atoms with Crippen LogP contribution in [-0.2, 0) is 13.1 Å². The predicted octanol–water partition coefficient (Wildman–Crippen LogP) is 4.92. The Morgan fingerprint density at radius 2 is 1.87 bits per heavy atom. The van der Waals surface area contributed by atoms with Crippen molar-refractivity contribution in [3.63, 3.8) is 0 Å². The van der Waals surface area contributed by atoms with Crippen molar-refractivity contribution in [2.45, 2.75) is 50.6 Å². The normalized spacial score (nSPS) is 20.5. The lowest BCUT2D eigenvalue weighted by Gasteiger charge is -2.27. The second kappa shape index (κ2) is 8.22. The zero-order chi connectivity index (χ0) is 20.1. The molecule has 0 radical (unpaired) electrons. The van der Waals surface area contributed by atoms with Crippen molar-refractivity contribution in [2.24, 2.45) is 0 Å². The SMILES string of the molecule is Cl.Clc1ccc2c(c1)CNCc1nnc(C3CCC(c4noc5cccnc45)CC3)n1-2. The molecule has 7 nitrogen and oxygen atoms in total. The van der Waals surface area contributed by atoms with Crippen LogP contribution in [0.2, 0.25) is 5.02 Å². The van der Waals surface area contributed by atoms with Gasteiger partial charge in [-0.25, -0.2) is 0 Å². The average molecular weight is 457 g/mol. The molecule has 160 valence electrons. The van der Waals surface area contributed by atoms with E-state index in [-0.39, 0.29) is 12.4 Å². The monoisotopic (exact) mass is 456 g/mol. The molecule has 1 saturated carbocycles. The van der Waals surface area contributed by atoms with Crippen molar-refractivity contribution < 1.29 is 4.52 Å². The minimum absolute atomic E-state index is 0. The van der Waals surface area contributed by atoms with Gasteiger partial charge in [0.15, 0.2) is 11.4 Å². The van der Waals surface area contributed by atoms with E-state index in [1.54, 1.807) is 6.20 Å². The molecule has 3 aromatic heterocycles. The van der Waals surface area contributed by atoms with Crippen molar-refractivity contribution in [3.05, 3.63) is 64.5 Å². The summed E-state index contributed by atoms with van der Waals surface area (Å²) in [6.45, 7) is 1.48. The quantitative estimate of drug-likeness (QED) is 0.460. The van der Waals surface area contributed by atoms with Gasteiger partial charge in [-0.15, -0.1) is 22.6 Å². The summed E-state index contributed by atoms with van der Waals surface area (Å²) in [4.78, 5) is 4.49. The zero-order valence-corrected chi connectivity index (χ0v) is 18.4. The Morgan fingerprint density at radius 1 is 1.03 bits per heavy atom. The highest BCUT2D eigenvalue weighted by atomic mass is 35.5. The fourth-order valence-corrected chi connectivity index (χ4v) is 5.08. The molecule has 1 aliphatic carbocycles. The van der Waals surface area contributed by atoms with Crippen LogP contribution in [0.15, 0.2) is 41.1 Å². The first-order valence-corrected chi connectivity index (χ1v) is 10.8. The standard InChI is InChI=1S/C22H21ClN6O.ClH/c23-16-7-8-17-15(10-16)11-24-12-19-26-27-22(29(17)19)14-5-3-13(4-6-14)20-21-18(30-28-20)2-1-9-25-21;/h1-2,7-10,13-14,24H,3-6,11-12H2;1H. The Balaban J connectivity index is 0.00000204. The van der Waals surface area contributed by atoms with E-state index < -0.39 is 0 Å². The molecule has 6 rings (SSSR count). The molecule has 1 aromatic carbocycles. The molecule has 0 spiro atoms. The number of benzene rings is 1. The maximum atomic E-state index is 6.24. The summed E-state index contributed by atoms with van der Waals surface area (Å²) in [5.74, 6) is 2.76. The van der Waals surface area contributed by atoms with Crippen LogP contribution in [0.1, 0.15) is 60.4 Å². The molecule has 1 aliphatic heterocycles. The van der Waals surface area contributed by atoms with Crippen LogP contribution < -0.4 is 5.32 Å². The van der Waals surface area contributed by atoms with Crippen LogP contribution in [-0.4, -0.2) is 24.9 Å². The highest BCUT2D eigenvalue weighted by Gasteiger charge is 2.31. The van der Waals surface area contributed by atoms with Crippen molar-refractivity contribution in [2.75, 3.05) is 0 Å². The lowest BCUT2D eigenvalue weighted by molar-refractivity contribution is 0.360. The molecule has 4 aromatic rings. The summed E-state index contributed by atoms with van der Waals surface area (Å²) in [7, 11) is 0. The molecule has 0 saturated heterocycles. The largest absolute Gasteiger partial charge is 0.354 e. The topological polar surface area (TPSA) is 81.7 Å². The number of hydrogen-bond donors (Lipinski definition) is 1. The smallest absolute Gasteiger partial charge is 0.185 e. The first-order valence-electron chi connectivity index (χ1n) is 10.4. The summed E-state index contributed by atoms with van der Waals surface area (Å²) in [5, 5.41) is 17.6. The van der Waals surface area contributed by atoms with E-state index >= 15 is 0 Å². The molecular weight excluding hydrogens is 435 g/mol. The third kappa shape index (κ3) is 3.50. The van der Waals surface area contributed by atoms with E-state index in [1.165, 1.54) is 5.56 Å². The third-order valence-corrected chi connectivity index (χ3v) is 6.61. The number of fused-ring (bicyclic) bond motifs is 4. The Morgan fingerprint density at radius 3 is 2.74 bits per heavy atom. The van der Waals surface area contributed by atoms with Gasteiger partial charge in [0.2, 0.25) is 0 Å². The fraction of sp³-hybridized carbons (Fsp3) is 0.364. The third-order valence-electron chi connectivity index (χ3n) is 6.37. The van der Waals surface area contributed by atoms with E-state index in [2.05, 4.69) is 36.3 Å². The number of pyridine rings is 1. The first kappa shape index (κ1) is 20.4. The molecule has 9 heteroatoms. The van der Waals surface area contributed by atoms with E-state index in [4.69, 9.17) is 16.1 Å². The number of aromatic nitrogens is 5. The second-order valence-electron chi connectivity index (χ2n) is 8.15. The van der Waals surface area contributed by atoms with Gasteiger partial charge >= 0.3 is 0 Å². The number of halogens is 2. The Labute approximate surface area is 190 Å². The molecule has 0 unspecified atom stereocenters. The van der Waals surface area contributed by atoms with Gasteiger partial charge in [-0.05, 0) is 61.6 Å². The molecule has 0 amide bonds. The highest BCUT2D eigenvalue weighted by Crippen LogP contribution is 2.42. The zero-order valence-electron chi connectivity index (χ0n) is 16.8. The summed E-state index contributed by atoms with van der Waals surface area (Å²) in [6.07, 6.45) is 5.96. The lowest BCUT2D eigenvalue weighted by atomic mass is 9.80. The molecule has 31 heavy (non-hydrogen) atoms. The van der Waals surface area contributed by atoms with Crippen LogP contribution in [0.25, 0.3) is 16.8 Å². The first-order chi connectivity index (χ1) is 14.8. The van der Waals surface area contributed by atoms with Gasteiger partial charge in [-0.3, -0.25) is 9.55 Å². The molecule has 4 heterocycles. The number of rotatable bonds is 2. The molecular formula is C22H22Cl2N6O. The minimum Gasteiger partial charge on any atom is -0.354 e. The van der Waals surface area contributed by atoms with E-state index in [9.17, 15) is 0 Å². The van der Waals surface area contributed by atoms with Gasteiger partial charge in [0.1, 0.15) is 17.0 Å². The van der Waals surface area contributed by atoms with Crippen LogP contribution in [0.5, 0.6) is 0 Å². The molecule has 0 bridgehead atoms. The molecule has 1 N–H and O–H groups in total.